The van der Waals surface area contributed by atoms with Crippen LogP contribution >= 0.6 is 0 Å². The largest absolute Gasteiger partial charge is 0.334 e. The predicted molar refractivity (Wildman–Crippen MR) is 66.1 cm³/mol. The van der Waals surface area contributed by atoms with E-state index >= 15 is 0 Å². The third kappa shape index (κ3) is 2.47. The summed E-state index contributed by atoms with van der Waals surface area (Å²) in [6.07, 6.45) is 4.00. The van der Waals surface area contributed by atoms with Gasteiger partial charge in [0.1, 0.15) is 0 Å². The number of rotatable bonds is 3. The number of carbonyl (C=O) groups excluding carboxylic acids is 1. The van der Waals surface area contributed by atoms with E-state index in [2.05, 4.69) is 18.8 Å². The van der Waals surface area contributed by atoms with E-state index in [4.69, 9.17) is 5.73 Å². The van der Waals surface area contributed by atoms with Crippen LogP contribution in [0.15, 0.2) is 24.5 Å². The van der Waals surface area contributed by atoms with E-state index in [-0.39, 0.29) is 18.0 Å². The minimum absolute atomic E-state index is 0.0226. The Bertz CT molecular complexity index is 391. The Hall–Kier alpha value is -1.42. The van der Waals surface area contributed by atoms with Crippen LogP contribution in [0.1, 0.15) is 31.9 Å². The highest BCUT2D eigenvalue weighted by Gasteiger charge is 2.34. The summed E-state index contributed by atoms with van der Waals surface area (Å²) in [6.45, 7) is 4.91. The lowest BCUT2D eigenvalue weighted by Gasteiger charge is -2.31. The fourth-order valence-electron chi connectivity index (χ4n) is 2.51. The molecule has 2 rings (SSSR count). The average Bonchev–Trinajstić information content (AvgIpc) is 2.59. The lowest BCUT2D eigenvalue weighted by molar-refractivity contribution is -0.130. The molecule has 1 aromatic rings. The molecule has 92 valence electrons. The number of amides is 1. The highest BCUT2D eigenvalue weighted by molar-refractivity contribution is 5.79. The molecule has 1 aliphatic heterocycles. The summed E-state index contributed by atoms with van der Waals surface area (Å²) in [4.78, 5) is 17.9. The summed E-state index contributed by atoms with van der Waals surface area (Å²) in [5, 5.41) is 0. The standard InChI is InChI=1S/C13H19N3O/c1-9(2)13(10-3-5-15-6-4-10)16-8-11(14)7-12(16)17/h3-6,9,11,13H,7-8,14H2,1-2H3. The van der Waals surface area contributed by atoms with Gasteiger partial charge < -0.3 is 10.6 Å². The third-order valence-corrected chi connectivity index (χ3v) is 3.20. The summed E-state index contributed by atoms with van der Waals surface area (Å²) in [7, 11) is 0. The lowest BCUT2D eigenvalue weighted by Crippen LogP contribution is -2.35. The quantitative estimate of drug-likeness (QED) is 0.857. The topological polar surface area (TPSA) is 59.2 Å². The Balaban J connectivity index is 2.27. The van der Waals surface area contributed by atoms with E-state index in [1.165, 1.54) is 0 Å². The summed E-state index contributed by atoms with van der Waals surface area (Å²) < 4.78 is 0. The molecule has 0 bridgehead atoms. The molecule has 2 N–H and O–H groups in total. The molecule has 1 aromatic heterocycles. The molecule has 0 aliphatic carbocycles. The number of hydrogen-bond acceptors (Lipinski definition) is 3. The van der Waals surface area contributed by atoms with Crippen molar-refractivity contribution in [2.24, 2.45) is 11.7 Å². The Kier molecular flexibility index (Phi) is 3.43. The molecule has 0 radical (unpaired) electrons. The first kappa shape index (κ1) is 12.0. The Morgan fingerprint density at radius 1 is 1.41 bits per heavy atom. The maximum absolute atomic E-state index is 11.9. The number of hydrogen-bond donors (Lipinski definition) is 1. The van der Waals surface area contributed by atoms with Crippen molar-refractivity contribution in [3.8, 4) is 0 Å². The number of aromatic nitrogens is 1. The first-order valence-corrected chi connectivity index (χ1v) is 6.04. The summed E-state index contributed by atoms with van der Waals surface area (Å²) >= 11 is 0. The molecule has 17 heavy (non-hydrogen) atoms. The molecule has 1 fully saturated rings. The van der Waals surface area contributed by atoms with Crippen molar-refractivity contribution in [1.29, 1.82) is 0 Å². The zero-order valence-corrected chi connectivity index (χ0v) is 10.3. The van der Waals surface area contributed by atoms with Crippen LogP contribution in [0, 0.1) is 5.92 Å². The fourth-order valence-corrected chi connectivity index (χ4v) is 2.51. The van der Waals surface area contributed by atoms with Crippen LogP contribution in [0.4, 0.5) is 0 Å². The van der Waals surface area contributed by atoms with E-state index in [9.17, 15) is 4.79 Å². The summed E-state index contributed by atoms with van der Waals surface area (Å²) in [6, 6.07) is 4.04. The zero-order valence-electron chi connectivity index (χ0n) is 10.3. The van der Waals surface area contributed by atoms with Crippen molar-refractivity contribution in [2.75, 3.05) is 6.54 Å². The van der Waals surface area contributed by atoms with Gasteiger partial charge in [-0.25, -0.2) is 0 Å². The fraction of sp³-hybridized carbons (Fsp3) is 0.538. The van der Waals surface area contributed by atoms with Gasteiger partial charge in [0.15, 0.2) is 0 Å². The molecular weight excluding hydrogens is 214 g/mol. The van der Waals surface area contributed by atoms with Gasteiger partial charge in [0.25, 0.3) is 0 Å². The Morgan fingerprint density at radius 3 is 2.53 bits per heavy atom. The summed E-state index contributed by atoms with van der Waals surface area (Å²) in [5.74, 6) is 0.527. The zero-order chi connectivity index (χ0) is 12.4. The van der Waals surface area contributed by atoms with Crippen LogP contribution in [0.2, 0.25) is 0 Å². The Morgan fingerprint density at radius 2 is 2.06 bits per heavy atom. The first-order chi connectivity index (χ1) is 8.09. The maximum atomic E-state index is 11.9. The summed E-state index contributed by atoms with van der Waals surface area (Å²) in [5.41, 5.74) is 6.99. The van der Waals surface area contributed by atoms with Gasteiger partial charge in [0, 0.05) is 31.4 Å². The molecule has 1 aliphatic rings. The highest BCUT2D eigenvalue weighted by Crippen LogP contribution is 2.31. The highest BCUT2D eigenvalue weighted by atomic mass is 16.2. The van der Waals surface area contributed by atoms with Crippen molar-refractivity contribution in [2.45, 2.75) is 32.4 Å². The first-order valence-electron chi connectivity index (χ1n) is 6.04. The molecule has 2 unspecified atom stereocenters. The average molecular weight is 233 g/mol. The van der Waals surface area contributed by atoms with E-state index < -0.39 is 0 Å². The van der Waals surface area contributed by atoms with Crippen molar-refractivity contribution in [3.05, 3.63) is 30.1 Å². The van der Waals surface area contributed by atoms with Crippen LogP contribution < -0.4 is 5.73 Å². The normalized spacial score (nSPS) is 22.2. The second-order valence-electron chi connectivity index (χ2n) is 4.98. The second-order valence-corrected chi connectivity index (χ2v) is 4.98. The van der Waals surface area contributed by atoms with Gasteiger partial charge in [-0.1, -0.05) is 13.8 Å². The minimum atomic E-state index is -0.0226. The second kappa shape index (κ2) is 4.84. The molecule has 2 atom stereocenters. The van der Waals surface area contributed by atoms with Gasteiger partial charge in [0.2, 0.25) is 5.91 Å². The number of nitrogens with two attached hydrogens (primary N) is 1. The molecule has 0 saturated carbocycles. The van der Waals surface area contributed by atoms with Gasteiger partial charge in [-0.05, 0) is 23.6 Å². The number of carbonyl (C=O) groups is 1. The van der Waals surface area contributed by atoms with E-state index in [1.54, 1.807) is 12.4 Å². The molecule has 1 saturated heterocycles. The molecule has 4 nitrogen and oxygen atoms in total. The van der Waals surface area contributed by atoms with Crippen molar-refractivity contribution in [3.63, 3.8) is 0 Å². The third-order valence-electron chi connectivity index (χ3n) is 3.20. The van der Waals surface area contributed by atoms with Crippen LogP contribution in [0.3, 0.4) is 0 Å². The molecule has 4 heteroatoms. The number of pyridine rings is 1. The van der Waals surface area contributed by atoms with Gasteiger partial charge in [-0.2, -0.15) is 0 Å². The number of likely N-dealkylation sites (tertiary alicyclic amines) is 1. The van der Waals surface area contributed by atoms with E-state index in [0.717, 1.165) is 5.56 Å². The van der Waals surface area contributed by atoms with Gasteiger partial charge >= 0.3 is 0 Å². The van der Waals surface area contributed by atoms with Crippen molar-refractivity contribution >= 4 is 5.91 Å². The smallest absolute Gasteiger partial charge is 0.224 e. The van der Waals surface area contributed by atoms with E-state index in [1.807, 2.05) is 17.0 Å². The van der Waals surface area contributed by atoms with Gasteiger partial charge in [-0.3, -0.25) is 9.78 Å². The van der Waals surface area contributed by atoms with Crippen LogP contribution in [0.5, 0.6) is 0 Å². The molecule has 1 amide bonds. The predicted octanol–water partition coefficient (Wildman–Crippen LogP) is 1.34. The van der Waals surface area contributed by atoms with Crippen LogP contribution in [0.25, 0.3) is 0 Å². The molecule has 0 aromatic carbocycles. The van der Waals surface area contributed by atoms with Crippen LogP contribution in [-0.4, -0.2) is 28.4 Å². The van der Waals surface area contributed by atoms with Crippen molar-refractivity contribution < 1.29 is 4.79 Å². The monoisotopic (exact) mass is 233 g/mol. The van der Waals surface area contributed by atoms with Crippen LogP contribution in [-0.2, 0) is 4.79 Å². The SMILES string of the molecule is CC(C)C(c1ccncc1)N1CC(N)CC1=O. The van der Waals surface area contributed by atoms with Crippen molar-refractivity contribution in [1.82, 2.24) is 9.88 Å². The Labute approximate surface area is 102 Å². The van der Waals surface area contributed by atoms with E-state index in [0.29, 0.717) is 18.9 Å². The number of nitrogens with zero attached hydrogens (tertiary/aromatic N) is 2. The molecule has 2 heterocycles. The molecule has 0 spiro atoms. The van der Waals surface area contributed by atoms with Gasteiger partial charge in [-0.15, -0.1) is 0 Å². The maximum Gasteiger partial charge on any atom is 0.224 e. The molecular formula is C13H19N3O. The van der Waals surface area contributed by atoms with Gasteiger partial charge in [0.05, 0.1) is 6.04 Å². The lowest BCUT2D eigenvalue weighted by atomic mass is 9.95. The minimum Gasteiger partial charge on any atom is -0.334 e.